The first-order chi connectivity index (χ1) is 13.0. The van der Waals surface area contributed by atoms with Gasteiger partial charge in [0.05, 0.1) is 13.2 Å². The van der Waals surface area contributed by atoms with Crippen LogP contribution in [-0.4, -0.2) is 80.0 Å². The Balaban J connectivity index is 1.55. The molecule has 1 amide bonds. The third-order valence-corrected chi connectivity index (χ3v) is 5.10. The van der Waals surface area contributed by atoms with Crippen molar-refractivity contribution in [2.45, 2.75) is 6.42 Å². The van der Waals surface area contributed by atoms with E-state index in [1.807, 2.05) is 0 Å². The fourth-order valence-electron chi connectivity index (χ4n) is 3.76. The van der Waals surface area contributed by atoms with E-state index in [0.29, 0.717) is 13.1 Å². The van der Waals surface area contributed by atoms with E-state index in [-0.39, 0.29) is 36.7 Å². The van der Waals surface area contributed by atoms with Gasteiger partial charge in [-0.3, -0.25) is 9.69 Å². The van der Waals surface area contributed by atoms with Crippen LogP contribution in [0.15, 0.2) is 18.2 Å². The summed E-state index contributed by atoms with van der Waals surface area (Å²) in [7, 11) is 0. The first kappa shape index (κ1) is 20.0. The molecular formula is C19H26F2N2O4. The second-order valence-corrected chi connectivity index (χ2v) is 7.23. The standard InChI is InChI=1S/C19H26F2N2O4/c20-16-1-2-18(17(21)8-16)27-13-19(25)23-10-14(7-15(11-23)12-24)9-22-3-5-26-6-4-22/h1-2,8,14-15,24H,3-7,9-13H2/t14-,15-/m1/s1. The Hall–Kier alpha value is -1.77. The highest BCUT2D eigenvalue weighted by Crippen LogP contribution is 2.24. The Bertz CT molecular complexity index is 640. The van der Waals surface area contributed by atoms with Gasteiger partial charge in [0, 0.05) is 45.4 Å². The smallest absolute Gasteiger partial charge is 0.260 e. The molecule has 1 aromatic carbocycles. The minimum Gasteiger partial charge on any atom is -0.481 e. The number of carbonyl (C=O) groups excluding carboxylic acids is 1. The average Bonchev–Trinajstić information content (AvgIpc) is 2.67. The number of nitrogens with zero attached hydrogens (tertiary/aromatic N) is 2. The molecule has 0 unspecified atom stereocenters. The van der Waals surface area contributed by atoms with Gasteiger partial charge in [-0.25, -0.2) is 8.78 Å². The summed E-state index contributed by atoms with van der Waals surface area (Å²) in [5.74, 6) is -1.65. The van der Waals surface area contributed by atoms with Gasteiger partial charge in [-0.15, -0.1) is 0 Å². The van der Waals surface area contributed by atoms with E-state index in [4.69, 9.17) is 9.47 Å². The van der Waals surface area contributed by atoms with Crippen molar-refractivity contribution in [2.75, 3.05) is 59.2 Å². The molecule has 2 heterocycles. The second-order valence-electron chi connectivity index (χ2n) is 7.23. The third kappa shape index (κ3) is 5.60. The molecule has 2 saturated heterocycles. The minimum atomic E-state index is -0.833. The predicted molar refractivity (Wildman–Crippen MR) is 94.4 cm³/mol. The van der Waals surface area contributed by atoms with Crippen LogP contribution in [0.4, 0.5) is 8.78 Å². The van der Waals surface area contributed by atoms with E-state index < -0.39 is 11.6 Å². The maximum absolute atomic E-state index is 13.6. The minimum absolute atomic E-state index is 0.0243. The number of morpholine rings is 1. The molecule has 0 aliphatic carbocycles. The molecule has 2 aliphatic heterocycles. The van der Waals surface area contributed by atoms with Crippen LogP contribution >= 0.6 is 0 Å². The topological polar surface area (TPSA) is 62.2 Å². The fraction of sp³-hybridized carbons (Fsp3) is 0.632. The maximum atomic E-state index is 13.6. The van der Waals surface area contributed by atoms with Crippen LogP contribution in [0.5, 0.6) is 5.75 Å². The van der Waals surface area contributed by atoms with Gasteiger partial charge < -0.3 is 19.5 Å². The van der Waals surface area contributed by atoms with Crippen molar-refractivity contribution >= 4 is 5.91 Å². The molecule has 3 rings (SSSR count). The van der Waals surface area contributed by atoms with Gasteiger partial charge in [0.2, 0.25) is 0 Å². The van der Waals surface area contributed by atoms with Crippen LogP contribution < -0.4 is 4.74 Å². The molecule has 0 bridgehead atoms. The van der Waals surface area contributed by atoms with Crippen molar-refractivity contribution in [1.82, 2.24) is 9.80 Å². The van der Waals surface area contributed by atoms with Crippen molar-refractivity contribution in [3.05, 3.63) is 29.8 Å². The van der Waals surface area contributed by atoms with E-state index in [9.17, 15) is 18.7 Å². The van der Waals surface area contributed by atoms with Crippen LogP contribution in [0.3, 0.4) is 0 Å². The molecule has 150 valence electrons. The van der Waals surface area contributed by atoms with Gasteiger partial charge in [-0.05, 0) is 30.4 Å². The van der Waals surface area contributed by atoms with Crippen molar-refractivity contribution in [3.8, 4) is 5.75 Å². The number of benzene rings is 1. The lowest BCUT2D eigenvalue weighted by Crippen LogP contribution is -2.50. The van der Waals surface area contributed by atoms with Crippen molar-refractivity contribution in [2.24, 2.45) is 11.8 Å². The molecular weight excluding hydrogens is 358 g/mol. The normalized spacial score (nSPS) is 24.0. The molecule has 1 N–H and O–H groups in total. The first-order valence-electron chi connectivity index (χ1n) is 9.31. The summed E-state index contributed by atoms with van der Waals surface area (Å²) in [6, 6.07) is 2.98. The molecule has 2 fully saturated rings. The van der Waals surface area contributed by atoms with Gasteiger partial charge in [0.25, 0.3) is 5.91 Å². The number of likely N-dealkylation sites (tertiary alicyclic amines) is 1. The van der Waals surface area contributed by atoms with Crippen LogP contribution in [0, 0.1) is 23.5 Å². The first-order valence-corrected chi connectivity index (χ1v) is 9.31. The number of aliphatic hydroxyl groups is 1. The zero-order chi connectivity index (χ0) is 19.2. The van der Waals surface area contributed by atoms with E-state index in [1.54, 1.807) is 4.90 Å². The second kappa shape index (κ2) is 9.43. The van der Waals surface area contributed by atoms with Gasteiger partial charge in [0.15, 0.2) is 18.2 Å². The Morgan fingerprint density at radius 1 is 1.22 bits per heavy atom. The highest BCUT2D eigenvalue weighted by atomic mass is 19.1. The number of rotatable bonds is 6. The predicted octanol–water partition coefficient (Wildman–Crippen LogP) is 1.13. The number of hydrogen-bond acceptors (Lipinski definition) is 5. The molecule has 2 aliphatic rings. The largest absolute Gasteiger partial charge is 0.481 e. The van der Waals surface area contributed by atoms with E-state index in [0.717, 1.165) is 51.4 Å². The summed E-state index contributed by atoms with van der Waals surface area (Å²) in [5.41, 5.74) is 0. The Kier molecular flexibility index (Phi) is 6.98. The zero-order valence-electron chi connectivity index (χ0n) is 15.3. The molecule has 8 heteroatoms. The molecule has 0 spiro atoms. The molecule has 0 radical (unpaired) electrons. The van der Waals surface area contributed by atoms with Crippen molar-refractivity contribution in [3.63, 3.8) is 0 Å². The summed E-state index contributed by atoms with van der Waals surface area (Å²) in [6.07, 6.45) is 0.866. The average molecular weight is 384 g/mol. The number of hydrogen-bond donors (Lipinski definition) is 1. The summed E-state index contributed by atoms with van der Waals surface area (Å²) >= 11 is 0. The number of halogens is 2. The monoisotopic (exact) mass is 384 g/mol. The Labute approximate surface area is 157 Å². The molecule has 1 aromatic rings. The van der Waals surface area contributed by atoms with Crippen LogP contribution in [-0.2, 0) is 9.53 Å². The van der Waals surface area contributed by atoms with Crippen molar-refractivity contribution < 1.29 is 28.2 Å². The molecule has 2 atom stereocenters. The van der Waals surface area contributed by atoms with Crippen LogP contribution in [0.25, 0.3) is 0 Å². The number of ether oxygens (including phenoxy) is 2. The van der Waals surface area contributed by atoms with E-state index >= 15 is 0 Å². The fourth-order valence-corrected chi connectivity index (χ4v) is 3.76. The quantitative estimate of drug-likeness (QED) is 0.797. The highest BCUT2D eigenvalue weighted by molar-refractivity contribution is 5.78. The van der Waals surface area contributed by atoms with Gasteiger partial charge in [-0.2, -0.15) is 0 Å². The molecule has 0 aromatic heterocycles. The summed E-state index contributed by atoms with van der Waals surface area (Å²) < 4.78 is 37.2. The summed E-state index contributed by atoms with van der Waals surface area (Å²) in [4.78, 5) is 16.5. The lowest BCUT2D eigenvalue weighted by atomic mass is 9.89. The Morgan fingerprint density at radius 2 is 1.96 bits per heavy atom. The summed E-state index contributed by atoms with van der Waals surface area (Å²) in [5, 5.41) is 9.60. The lowest BCUT2D eigenvalue weighted by Gasteiger charge is -2.40. The van der Waals surface area contributed by atoms with E-state index in [1.165, 1.54) is 6.07 Å². The highest BCUT2D eigenvalue weighted by Gasteiger charge is 2.31. The number of piperidine rings is 1. The Morgan fingerprint density at radius 3 is 2.67 bits per heavy atom. The van der Waals surface area contributed by atoms with Gasteiger partial charge in [0.1, 0.15) is 5.82 Å². The number of aliphatic hydroxyl groups excluding tert-OH is 1. The SMILES string of the molecule is O=C(COc1ccc(F)cc1F)N1C[C@H](CO)C[C@H](CN2CCOCC2)C1. The lowest BCUT2D eigenvalue weighted by molar-refractivity contribution is -0.137. The van der Waals surface area contributed by atoms with E-state index in [2.05, 4.69) is 4.90 Å². The van der Waals surface area contributed by atoms with Crippen LogP contribution in [0.2, 0.25) is 0 Å². The zero-order valence-corrected chi connectivity index (χ0v) is 15.3. The number of amides is 1. The van der Waals surface area contributed by atoms with Gasteiger partial charge >= 0.3 is 0 Å². The van der Waals surface area contributed by atoms with Gasteiger partial charge in [-0.1, -0.05) is 0 Å². The molecule has 6 nitrogen and oxygen atoms in total. The van der Waals surface area contributed by atoms with Crippen LogP contribution in [0.1, 0.15) is 6.42 Å². The third-order valence-electron chi connectivity index (χ3n) is 5.10. The molecule has 27 heavy (non-hydrogen) atoms. The van der Waals surface area contributed by atoms with Crippen molar-refractivity contribution in [1.29, 1.82) is 0 Å². The maximum Gasteiger partial charge on any atom is 0.260 e. The molecule has 0 saturated carbocycles. The summed E-state index contributed by atoms with van der Waals surface area (Å²) in [6.45, 7) is 4.80. The number of carbonyl (C=O) groups is 1.